The molecule has 1 saturated heterocycles. The van der Waals surface area contributed by atoms with E-state index >= 15 is 0 Å². The number of nitrogens with one attached hydrogen (secondary N) is 1. The van der Waals surface area contributed by atoms with Crippen molar-refractivity contribution in [3.63, 3.8) is 0 Å². The smallest absolute Gasteiger partial charge is 0.355 e. The maximum atomic E-state index is 12.5. The summed E-state index contributed by atoms with van der Waals surface area (Å²) in [6.07, 6.45) is 1.88. The normalized spacial score (nSPS) is 16.0. The highest BCUT2D eigenvalue weighted by molar-refractivity contribution is 7.89. The van der Waals surface area contributed by atoms with Crippen LogP contribution in [0.2, 0.25) is 0 Å². The fraction of sp³-hybridized carbons (Fsp3) is 0.500. The van der Waals surface area contributed by atoms with Gasteiger partial charge in [-0.25, -0.2) is 13.2 Å². The lowest BCUT2D eigenvalue weighted by Crippen LogP contribution is -2.40. The highest BCUT2D eigenvalue weighted by Gasteiger charge is 2.28. The molecule has 0 aromatic carbocycles. The Morgan fingerprint density at radius 1 is 1.40 bits per heavy atom. The number of aromatic amines is 1. The molecular weight excluding hydrogens is 352 g/mol. The van der Waals surface area contributed by atoms with E-state index in [-0.39, 0.29) is 36.2 Å². The molecule has 2 aromatic heterocycles. The molecule has 0 saturated carbocycles. The average Bonchev–Trinajstić information content (AvgIpc) is 3.30. The molecule has 11 heteroatoms. The van der Waals surface area contributed by atoms with Crippen LogP contribution in [0, 0.1) is 0 Å². The number of ether oxygens (including phenoxy) is 2. The van der Waals surface area contributed by atoms with Crippen molar-refractivity contribution in [3.05, 3.63) is 29.7 Å². The first kappa shape index (κ1) is 17.6. The molecule has 1 aliphatic rings. The Balaban J connectivity index is 1.64. The molecule has 0 atom stereocenters. The molecule has 1 fully saturated rings. The van der Waals surface area contributed by atoms with Gasteiger partial charge in [0.2, 0.25) is 10.0 Å². The van der Waals surface area contributed by atoms with Gasteiger partial charge in [-0.15, -0.1) is 0 Å². The minimum absolute atomic E-state index is 0.00686. The largest absolute Gasteiger partial charge is 0.451 e. The van der Waals surface area contributed by atoms with Crippen LogP contribution in [-0.2, 0) is 32.5 Å². The van der Waals surface area contributed by atoms with E-state index < -0.39 is 16.0 Å². The van der Waals surface area contributed by atoms with E-state index in [1.54, 1.807) is 0 Å². The molecule has 3 heterocycles. The predicted molar refractivity (Wildman–Crippen MR) is 83.2 cm³/mol. The van der Waals surface area contributed by atoms with Gasteiger partial charge in [0.15, 0.2) is 12.4 Å². The van der Waals surface area contributed by atoms with Crippen LogP contribution >= 0.6 is 0 Å². The van der Waals surface area contributed by atoms with Gasteiger partial charge in [0, 0.05) is 25.7 Å². The van der Waals surface area contributed by atoms with Crippen molar-refractivity contribution in [2.45, 2.75) is 24.8 Å². The number of rotatable bonds is 6. The quantitative estimate of drug-likeness (QED) is 0.721. The van der Waals surface area contributed by atoms with Crippen molar-refractivity contribution in [3.8, 4) is 0 Å². The summed E-state index contributed by atoms with van der Waals surface area (Å²) in [4.78, 5) is 18.7. The van der Waals surface area contributed by atoms with Crippen LogP contribution in [0.3, 0.4) is 0 Å². The Labute approximate surface area is 144 Å². The Morgan fingerprint density at radius 2 is 2.16 bits per heavy atom. The number of hydrogen-bond acceptors (Lipinski definition) is 8. The van der Waals surface area contributed by atoms with Gasteiger partial charge >= 0.3 is 5.97 Å². The number of aryl methyl sites for hydroxylation is 1. The van der Waals surface area contributed by atoms with Gasteiger partial charge in [-0.3, -0.25) is 0 Å². The van der Waals surface area contributed by atoms with Gasteiger partial charge in [-0.2, -0.15) is 9.29 Å². The number of sulfonamides is 1. The summed E-state index contributed by atoms with van der Waals surface area (Å²) in [6, 6.07) is 1.25. The third-order valence-corrected chi connectivity index (χ3v) is 5.51. The zero-order valence-corrected chi connectivity index (χ0v) is 14.4. The van der Waals surface area contributed by atoms with E-state index in [0.717, 1.165) is 0 Å². The molecule has 0 radical (unpaired) electrons. The van der Waals surface area contributed by atoms with Gasteiger partial charge in [0.05, 0.1) is 13.2 Å². The fourth-order valence-corrected chi connectivity index (χ4v) is 3.68. The van der Waals surface area contributed by atoms with E-state index in [9.17, 15) is 13.2 Å². The second kappa shape index (κ2) is 7.33. The number of carbonyl (C=O) groups excluding carboxylic acids is 1. The van der Waals surface area contributed by atoms with E-state index in [1.165, 1.54) is 16.6 Å². The number of aromatic nitrogens is 3. The molecule has 0 spiro atoms. The predicted octanol–water partition coefficient (Wildman–Crippen LogP) is 0.338. The minimum Gasteiger partial charge on any atom is -0.451 e. The van der Waals surface area contributed by atoms with Crippen molar-refractivity contribution < 1.29 is 27.2 Å². The second-order valence-electron chi connectivity index (χ2n) is 5.30. The van der Waals surface area contributed by atoms with Gasteiger partial charge in [-0.05, 0) is 6.07 Å². The Kier molecular flexibility index (Phi) is 5.16. The summed E-state index contributed by atoms with van der Waals surface area (Å²) in [6.45, 7) is 2.95. The molecular formula is C14H18N4O6S. The summed E-state index contributed by atoms with van der Waals surface area (Å²) in [5.74, 6) is -0.0117. The lowest BCUT2D eigenvalue weighted by molar-refractivity contribution is 0.0423. The SMILES string of the molecule is CCc1noc(COC(=O)c2cc(S(=O)(=O)N3CCOCC3)c[nH]2)n1. The van der Waals surface area contributed by atoms with Crippen molar-refractivity contribution >= 4 is 16.0 Å². The van der Waals surface area contributed by atoms with Crippen LogP contribution < -0.4 is 0 Å². The van der Waals surface area contributed by atoms with Crippen molar-refractivity contribution in [2.24, 2.45) is 0 Å². The summed E-state index contributed by atoms with van der Waals surface area (Å²) in [5.41, 5.74) is 0.0297. The molecule has 3 rings (SSSR count). The van der Waals surface area contributed by atoms with E-state index in [1.807, 2.05) is 6.92 Å². The fourth-order valence-electron chi connectivity index (χ4n) is 2.27. The number of H-pyrrole nitrogens is 1. The van der Waals surface area contributed by atoms with Gasteiger partial charge < -0.3 is 19.0 Å². The van der Waals surface area contributed by atoms with Gasteiger partial charge in [0.25, 0.3) is 5.89 Å². The minimum atomic E-state index is -3.67. The molecule has 2 aromatic rings. The molecule has 0 aliphatic carbocycles. The first-order valence-corrected chi connectivity index (χ1v) is 9.19. The maximum absolute atomic E-state index is 12.5. The van der Waals surface area contributed by atoms with Gasteiger partial charge in [0.1, 0.15) is 10.6 Å². The molecule has 136 valence electrons. The summed E-state index contributed by atoms with van der Waals surface area (Å²) in [5, 5.41) is 3.69. The molecule has 1 N–H and O–H groups in total. The van der Waals surface area contributed by atoms with Crippen LogP contribution in [0.25, 0.3) is 0 Å². The summed E-state index contributed by atoms with van der Waals surface area (Å²) < 4.78 is 41.4. The second-order valence-corrected chi connectivity index (χ2v) is 7.24. The Morgan fingerprint density at radius 3 is 2.84 bits per heavy atom. The molecule has 25 heavy (non-hydrogen) atoms. The monoisotopic (exact) mass is 370 g/mol. The maximum Gasteiger partial charge on any atom is 0.355 e. The number of hydrogen-bond donors (Lipinski definition) is 1. The molecule has 0 bridgehead atoms. The van der Waals surface area contributed by atoms with E-state index in [2.05, 4.69) is 15.1 Å². The standard InChI is InChI=1S/C14H18N4O6S/c1-2-12-16-13(24-17-12)9-23-14(19)11-7-10(8-15-11)25(20,21)18-3-5-22-6-4-18/h7-8,15H,2-6,9H2,1H3. The first-order valence-electron chi connectivity index (χ1n) is 7.75. The molecule has 1 aliphatic heterocycles. The summed E-state index contributed by atoms with van der Waals surface area (Å²) >= 11 is 0. The highest BCUT2D eigenvalue weighted by atomic mass is 32.2. The van der Waals surface area contributed by atoms with Crippen molar-refractivity contribution in [1.82, 2.24) is 19.4 Å². The summed E-state index contributed by atoms with van der Waals surface area (Å²) in [7, 11) is -3.67. The average molecular weight is 370 g/mol. The zero-order valence-electron chi connectivity index (χ0n) is 13.6. The third-order valence-electron chi connectivity index (χ3n) is 3.64. The van der Waals surface area contributed by atoms with Crippen LogP contribution in [0.15, 0.2) is 21.7 Å². The highest BCUT2D eigenvalue weighted by Crippen LogP contribution is 2.18. The van der Waals surface area contributed by atoms with Crippen LogP contribution in [-0.4, -0.2) is 60.1 Å². The molecule has 0 amide bonds. The topological polar surface area (TPSA) is 128 Å². The lowest BCUT2D eigenvalue weighted by Gasteiger charge is -2.25. The van der Waals surface area contributed by atoms with Crippen molar-refractivity contribution in [2.75, 3.05) is 26.3 Å². The number of carbonyl (C=O) groups is 1. The van der Waals surface area contributed by atoms with Crippen molar-refractivity contribution in [1.29, 1.82) is 0 Å². The first-order chi connectivity index (χ1) is 12.0. The zero-order chi connectivity index (χ0) is 17.9. The lowest BCUT2D eigenvalue weighted by atomic mass is 10.4. The molecule has 10 nitrogen and oxygen atoms in total. The van der Waals surface area contributed by atoms with E-state index in [0.29, 0.717) is 25.5 Å². The van der Waals surface area contributed by atoms with Crippen LogP contribution in [0.1, 0.15) is 29.1 Å². The molecule has 0 unspecified atom stereocenters. The third kappa shape index (κ3) is 3.89. The Hall–Kier alpha value is -2.24. The van der Waals surface area contributed by atoms with Gasteiger partial charge in [-0.1, -0.05) is 12.1 Å². The van der Waals surface area contributed by atoms with Crippen LogP contribution in [0.4, 0.5) is 0 Å². The Bertz CT molecular complexity index is 837. The van der Waals surface area contributed by atoms with Crippen LogP contribution in [0.5, 0.6) is 0 Å². The van der Waals surface area contributed by atoms with E-state index in [4.69, 9.17) is 14.0 Å². The number of esters is 1. The number of nitrogens with zero attached hydrogens (tertiary/aromatic N) is 3. The number of morpholine rings is 1.